The van der Waals surface area contributed by atoms with Gasteiger partial charge in [-0.25, -0.2) is 18.1 Å². The van der Waals surface area contributed by atoms with E-state index in [4.69, 9.17) is 43.9 Å². The Balaban J connectivity index is 2.29. The van der Waals surface area contributed by atoms with Crippen LogP contribution in [0.4, 0.5) is 17.6 Å². The van der Waals surface area contributed by atoms with Gasteiger partial charge in [-0.05, 0) is 18.3 Å². The fourth-order valence-corrected chi connectivity index (χ4v) is 6.06. The van der Waals surface area contributed by atoms with E-state index in [0.29, 0.717) is 4.57 Å². The van der Waals surface area contributed by atoms with Gasteiger partial charge in [-0.2, -0.15) is 21.8 Å². The Hall–Kier alpha value is -0.430. The van der Waals surface area contributed by atoms with Crippen LogP contribution in [0.2, 0.25) is 0 Å². The summed E-state index contributed by atoms with van der Waals surface area (Å²) in [5.74, 6) is 0. The van der Waals surface area contributed by atoms with Crippen molar-refractivity contribution in [2.24, 2.45) is 0 Å². The van der Waals surface area contributed by atoms with Gasteiger partial charge in [0.25, 0.3) is 5.67 Å². The van der Waals surface area contributed by atoms with E-state index in [1.807, 2.05) is 0 Å². The van der Waals surface area contributed by atoms with Crippen molar-refractivity contribution in [2.75, 3.05) is 6.61 Å². The second-order valence-electron chi connectivity index (χ2n) is 6.14. The summed E-state index contributed by atoms with van der Waals surface area (Å²) in [5.41, 5.74) is -4.54. The van der Waals surface area contributed by atoms with Crippen molar-refractivity contribution in [3.05, 3.63) is 21.7 Å². The van der Waals surface area contributed by atoms with Gasteiger partial charge in [-0.1, -0.05) is 12.2 Å². The molecule has 2 rings (SSSR count). The van der Waals surface area contributed by atoms with Gasteiger partial charge in [0.2, 0.25) is 0 Å². The molecule has 0 spiro atoms. The van der Waals surface area contributed by atoms with E-state index in [0.717, 1.165) is 12.3 Å². The van der Waals surface area contributed by atoms with Crippen LogP contribution >= 0.6 is 47.9 Å². The number of H-pyrrole nitrogens is 1. The second-order valence-corrected chi connectivity index (χ2v) is 11.4. The molecule has 0 amide bonds. The zero-order valence-corrected chi connectivity index (χ0v) is 19.6. The minimum absolute atomic E-state index is 0.0320. The number of rotatable bonds is 8. The number of hydrogen-bond donors (Lipinski definition) is 6. The van der Waals surface area contributed by atoms with Crippen LogP contribution in [0.1, 0.15) is 6.23 Å². The van der Waals surface area contributed by atoms with Crippen molar-refractivity contribution in [3.8, 4) is 0 Å². The van der Waals surface area contributed by atoms with Crippen molar-refractivity contribution in [3.63, 3.8) is 0 Å². The summed E-state index contributed by atoms with van der Waals surface area (Å²) in [6.45, 7) is -1.54. The Labute approximate surface area is 190 Å². The summed E-state index contributed by atoms with van der Waals surface area (Å²) in [4.78, 5) is 37.6. The molecule has 1 saturated heterocycles. The number of aliphatic hydroxyl groups excluding tert-OH is 1. The van der Waals surface area contributed by atoms with Crippen LogP contribution in [0.3, 0.4) is 0 Å². The van der Waals surface area contributed by atoms with Crippen molar-refractivity contribution >= 4 is 47.9 Å². The number of aliphatic hydroxyl groups is 1. The summed E-state index contributed by atoms with van der Waals surface area (Å²) >= 11 is 9.51. The molecule has 3 unspecified atom stereocenters. The molecule has 33 heavy (non-hydrogen) atoms. The molecule has 1 aliphatic rings. The molecule has 1 fully saturated rings. The maximum absolute atomic E-state index is 15.2. The molecule has 190 valence electrons. The molecule has 1 aromatic rings. The molecule has 2 heterocycles. The highest BCUT2D eigenvalue weighted by atomic mass is 32.1. The van der Waals surface area contributed by atoms with E-state index in [1.165, 1.54) is 0 Å². The van der Waals surface area contributed by atoms with Crippen molar-refractivity contribution in [2.45, 2.75) is 30.3 Å². The maximum atomic E-state index is 15.2. The zero-order chi connectivity index (χ0) is 25.6. The third kappa shape index (κ3) is 6.83. The molecule has 6 atom stereocenters. The Morgan fingerprint density at radius 1 is 1.15 bits per heavy atom. The minimum atomic E-state index is -5.93. The lowest BCUT2D eigenvalue weighted by atomic mass is 9.95. The second kappa shape index (κ2) is 9.55. The first-order chi connectivity index (χ1) is 14.7. The standard InChI is InChI=1S/C10H13F4N2O12P3S2/c11-9(10(12,13)14)6(17)4(26-7(9)16-2-1-5(32)15-8(16)33)3-25-30(21,22)28-31(23,24)27-29(18,19)20/h1-2,4,6-7,17H,3H2,(H,21,22)(H,23,24)(H,15,32,33)(H2,18,19,20)/t4-,6+,7-,9?/m1/s1. The van der Waals surface area contributed by atoms with Crippen LogP contribution < -0.4 is 0 Å². The predicted molar refractivity (Wildman–Crippen MR) is 100 cm³/mol. The number of halogens is 4. The molecule has 0 bridgehead atoms. The minimum Gasteiger partial charge on any atom is -0.386 e. The van der Waals surface area contributed by atoms with E-state index in [-0.39, 0.29) is 4.64 Å². The van der Waals surface area contributed by atoms with Crippen LogP contribution in [0.5, 0.6) is 0 Å². The molecule has 0 aliphatic carbocycles. The average Bonchev–Trinajstić information content (AvgIpc) is 2.82. The van der Waals surface area contributed by atoms with Gasteiger partial charge in [0.15, 0.2) is 11.0 Å². The summed E-state index contributed by atoms with van der Waals surface area (Å²) < 4.78 is 105. The number of alkyl halides is 4. The molecular formula is C10H13F4N2O12P3S2. The highest BCUT2D eigenvalue weighted by molar-refractivity contribution is 7.72. The normalized spacial score (nSPS) is 30.0. The lowest BCUT2D eigenvalue weighted by molar-refractivity contribution is -0.273. The Kier molecular flexibility index (Phi) is 8.34. The van der Waals surface area contributed by atoms with Gasteiger partial charge in [0, 0.05) is 6.20 Å². The largest absolute Gasteiger partial charge is 0.490 e. The number of aromatic nitrogens is 2. The van der Waals surface area contributed by atoms with Crippen molar-refractivity contribution < 1.29 is 73.8 Å². The van der Waals surface area contributed by atoms with E-state index in [2.05, 4.69) is 18.1 Å². The first-order valence-electron chi connectivity index (χ1n) is 7.87. The summed E-state index contributed by atoms with van der Waals surface area (Å²) in [6.07, 6.45) is -13.0. The Morgan fingerprint density at radius 2 is 1.73 bits per heavy atom. The molecule has 0 radical (unpaired) electrons. The van der Waals surface area contributed by atoms with Crippen LogP contribution in [-0.4, -0.2) is 64.9 Å². The number of nitrogens with one attached hydrogen (secondary N) is 1. The lowest BCUT2D eigenvalue weighted by Crippen LogP contribution is -2.54. The smallest absolute Gasteiger partial charge is 0.386 e. The van der Waals surface area contributed by atoms with E-state index < -0.39 is 65.1 Å². The fraction of sp³-hybridized carbons (Fsp3) is 0.600. The van der Waals surface area contributed by atoms with Crippen LogP contribution in [0.15, 0.2) is 12.3 Å². The Bertz CT molecular complexity index is 1160. The monoisotopic (exact) mass is 586 g/mol. The number of phosphoric ester groups is 1. The number of hydrogen-bond acceptors (Lipinski definition) is 10. The molecule has 14 nitrogen and oxygen atoms in total. The van der Waals surface area contributed by atoms with E-state index in [1.54, 1.807) is 0 Å². The number of phosphoric acid groups is 3. The van der Waals surface area contributed by atoms with Crippen LogP contribution in [0.25, 0.3) is 0 Å². The predicted octanol–water partition coefficient (Wildman–Crippen LogP) is 2.15. The van der Waals surface area contributed by atoms with Gasteiger partial charge in [-0.3, -0.25) is 9.09 Å². The van der Waals surface area contributed by atoms with Crippen molar-refractivity contribution in [1.82, 2.24) is 9.55 Å². The van der Waals surface area contributed by atoms with Crippen LogP contribution in [-0.2, 0) is 31.6 Å². The molecule has 0 saturated carbocycles. The third-order valence-electron chi connectivity index (χ3n) is 3.80. The summed E-state index contributed by atoms with van der Waals surface area (Å²) in [7, 11) is -17.4. The quantitative estimate of drug-likeness (QED) is 0.147. The highest BCUT2D eigenvalue weighted by Gasteiger charge is 2.73. The van der Waals surface area contributed by atoms with E-state index >= 15 is 4.39 Å². The molecule has 1 aromatic heterocycles. The topological polar surface area (TPSA) is 210 Å². The van der Waals surface area contributed by atoms with Gasteiger partial charge in [0.05, 0.1) is 6.61 Å². The molecule has 23 heteroatoms. The van der Waals surface area contributed by atoms with Gasteiger partial charge in [0.1, 0.15) is 16.8 Å². The summed E-state index contributed by atoms with van der Waals surface area (Å²) in [5, 5.41) is 9.98. The highest BCUT2D eigenvalue weighted by Crippen LogP contribution is 2.66. The fourth-order valence-electron chi connectivity index (χ4n) is 2.54. The van der Waals surface area contributed by atoms with Gasteiger partial charge >= 0.3 is 29.6 Å². The number of aromatic amines is 1. The first kappa shape index (κ1) is 28.8. The summed E-state index contributed by atoms with van der Waals surface area (Å²) in [6, 6.07) is 1.02. The number of ether oxygens (including phenoxy) is 1. The average molecular weight is 586 g/mol. The molecule has 6 N–H and O–H groups in total. The number of nitrogens with zero attached hydrogens (tertiary/aromatic N) is 1. The van der Waals surface area contributed by atoms with E-state index in [9.17, 15) is 36.9 Å². The first-order valence-corrected chi connectivity index (χ1v) is 13.2. The molecule has 1 aliphatic heterocycles. The SMILES string of the molecule is O=P(O)(O)OP(=O)(O)OP(=O)(O)OC[C@H]1O[C@@H](n2ccc(=S)[nH]c2=S)C(F)(C(F)(F)F)[C@H]1O. The van der Waals surface area contributed by atoms with Crippen LogP contribution in [0, 0.1) is 9.41 Å². The Morgan fingerprint density at radius 3 is 2.21 bits per heavy atom. The third-order valence-corrected chi connectivity index (χ3v) is 8.16. The molecule has 0 aromatic carbocycles. The van der Waals surface area contributed by atoms with Gasteiger partial charge in [-0.15, -0.1) is 0 Å². The van der Waals surface area contributed by atoms with Crippen molar-refractivity contribution in [1.29, 1.82) is 0 Å². The zero-order valence-electron chi connectivity index (χ0n) is 15.3. The van der Waals surface area contributed by atoms with Gasteiger partial charge < -0.3 is 34.4 Å². The maximum Gasteiger partial charge on any atom is 0.490 e. The lowest BCUT2D eigenvalue weighted by Gasteiger charge is -2.31. The molecular weight excluding hydrogens is 573 g/mol.